The molecule has 0 bridgehead atoms. The molecule has 0 aromatic heterocycles. The van der Waals surface area contributed by atoms with E-state index in [0.717, 1.165) is 25.7 Å². The lowest BCUT2D eigenvalue weighted by Crippen LogP contribution is -2.31. The van der Waals surface area contributed by atoms with Crippen molar-refractivity contribution in [2.45, 2.75) is 52.4 Å². The Hall–Kier alpha value is -1.39. The molecule has 1 heterocycles. The van der Waals surface area contributed by atoms with E-state index in [4.69, 9.17) is 0 Å². The zero-order chi connectivity index (χ0) is 14.3. The smallest absolute Gasteiger partial charge is 0.232 e. The van der Waals surface area contributed by atoms with Crippen LogP contribution in [0.4, 0.5) is 0 Å². The van der Waals surface area contributed by atoms with Crippen LogP contribution >= 0.6 is 0 Å². The first kappa shape index (κ1) is 15.7. The Morgan fingerprint density at radius 3 is 2.58 bits per heavy atom. The second-order valence-electron chi connectivity index (χ2n) is 4.96. The van der Waals surface area contributed by atoms with Gasteiger partial charge in [-0.2, -0.15) is 0 Å². The van der Waals surface area contributed by atoms with Gasteiger partial charge >= 0.3 is 0 Å². The lowest BCUT2D eigenvalue weighted by Gasteiger charge is -2.14. The van der Waals surface area contributed by atoms with Crippen LogP contribution in [0.2, 0.25) is 0 Å². The number of likely N-dealkylation sites (tertiary alicyclic amines) is 1. The Morgan fingerprint density at radius 1 is 1.26 bits per heavy atom. The van der Waals surface area contributed by atoms with Gasteiger partial charge in [0.1, 0.15) is 0 Å². The van der Waals surface area contributed by atoms with Gasteiger partial charge in [0.15, 0.2) is 0 Å². The minimum absolute atomic E-state index is 0.0174. The first-order chi connectivity index (χ1) is 9.10. The van der Waals surface area contributed by atoms with Crippen LogP contribution in [0.1, 0.15) is 52.4 Å². The molecule has 0 radical (unpaired) electrons. The molecule has 108 valence electrons. The number of amides is 3. The maximum Gasteiger partial charge on any atom is 0.232 e. The monoisotopic (exact) mass is 268 g/mol. The molecule has 1 aliphatic heterocycles. The van der Waals surface area contributed by atoms with Gasteiger partial charge in [-0.3, -0.25) is 19.3 Å². The zero-order valence-electron chi connectivity index (χ0n) is 11.9. The third-order valence-electron chi connectivity index (χ3n) is 3.49. The number of carbonyl (C=O) groups excluding carboxylic acids is 3. The molecule has 1 atom stereocenters. The number of nitrogens with one attached hydrogen (secondary N) is 1. The first-order valence-corrected chi connectivity index (χ1v) is 7.21. The Kier molecular flexibility index (Phi) is 6.53. The number of unbranched alkanes of at least 4 members (excludes halogenated alkanes) is 2. The van der Waals surface area contributed by atoms with Crippen molar-refractivity contribution in [3.05, 3.63) is 0 Å². The molecule has 1 fully saturated rings. The topological polar surface area (TPSA) is 66.5 Å². The number of imide groups is 1. The molecule has 3 amide bonds. The first-order valence-electron chi connectivity index (χ1n) is 7.21. The maximum atomic E-state index is 11.8. The predicted molar refractivity (Wildman–Crippen MR) is 72.3 cm³/mol. The molecule has 0 aliphatic carbocycles. The van der Waals surface area contributed by atoms with Crippen molar-refractivity contribution < 1.29 is 14.4 Å². The second-order valence-corrected chi connectivity index (χ2v) is 4.96. The van der Waals surface area contributed by atoms with Gasteiger partial charge in [0.05, 0.1) is 0 Å². The fourth-order valence-corrected chi connectivity index (χ4v) is 2.32. The highest BCUT2D eigenvalue weighted by Gasteiger charge is 2.36. The minimum atomic E-state index is -0.108. The van der Waals surface area contributed by atoms with Gasteiger partial charge in [0, 0.05) is 31.8 Å². The lowest BCUT2D eigenvalue weighted by molar-refractivity contribution is -0.139. The van der Waals surface area contributed by atoms with E-state index in [0.29, 0.717) is 25.9 Å². The largest absolute Gasteiger partial charge is 0.356 e. The maximum absolute atomic E-state index is 11.8. The fraction of sp³-hybridized carbons (Fsp3) is 0.786. The zero-order valence-corrected chi connectivity index (χ0v) is 11.9. The van der Waals surface area contributed by atoms with Gasteiger partial charge < -0.3 is 5.32 Å². The molecule has 1 aliphatic rings. The highest BCUT2D eigenvalue weighted by molar-refractivity contribution is 6.03. The standard InChI is InChI=1S/C14H24N2O3/c1-3-11-10-13(18)16(14(11)19)9-7-5-6-8-12(17)15-4-2/h11H,3-10H2,1-2H3,(H,15,17)/t11-/m0/s1. The summed E-state index contributed by atoms with van der Waals surface area (Å²) in [7, 11) is 0. The molecular weight excluding hydrogens is 244 g/mol. The molecule has 0 aromatic carbocycles. The summed E-state index contributed by atoms with van der Waals surface area (Å²) in [6.07, 6.45) is 4.08. The summed E-state index contributed by atoms with van der Waals surface area (Å²) in [6, 6.07) is 0. The van der Waals surface area contributed by atoms with E-state index >= 15 is 0 Å². The third-order valence-corrected chi connectivity index (χ3v) is 3.49. The lowest BCUT2D eigenvalue weighted by atomic mass is 10.1. The summed E-state index contributed by atoms with van der Waals surface area (Å²) in [6.45, 7) is 5.00. The highest BCUT2D eigenvalue weighted by Crippen LogP contribution is 2.22. The van der Waals surface area contributed by atoms with Crippen molar-refractivity contribution in [2.75, 3.05) is 13.1 Å². The Balaban J connectivity index is 2.18. The van der Waals surface area contributed by atoms with Gasteiger partial charge in [-0.1, -0.05) is 13.3 Å². The van der Waals surface area contributed by atoms with Crippen molar-refractivity contribution in [3.8, 4) is 0 Å². The normalized spacial score (nSPS) is 19.1. The molecule has 19 heavy (non-hydrogen) atoms. The van der Waals surface area contributed by atoms with Crippen LogP contribution in [0.25, 0.3) is 0 Å². The minimum Gasteiger partial charge on any atom is -0.356 e. The SMILES string of the molecule is CCNC(=O)CCCCCN1C(=O)C[C@H](CC)C1=O. The van der Waals surface area contributed by atoms with Crippen molar-refractivity contribution in [3.63, 3.8) is 0 Å². The summed E-state index contributed by atoms with van der Waals surface area (Å²) in [5, 5.41) is 2.75. The van der Waals surface area contributed by atoms with Gasteiger partial charge in [0.2, 0.25) is 17.7 Å². The third kappa shape index (κ3) is 4.65. The number of hydrogen-bond acceptors (Lipinski definition) is 3. The highest BCUT2D eigenvalue weighted by atomic mass is 16.2. The van der Waals surface area contributed by atoms with Crippen LogP contribution in [-0.4, -0.2) is 35.7 Å². The van der Waals surface area contributed by atoms with Crippen molar-refractivity contribution in [1.82, 2.24) is 10.2 Å². The van der Waals surface area contributed by atoms with E-state index in [9.17, 15) is 14.4 Å². The number of carbonyl (C=O) groups is 3. The average molecular weight is 268 g/mol. The summed E-state index contributed by atoms with van der Waals surface area (Å²) in [4.78, 5) is 36.1. The summed E-state index contributed by atoms with van der Waals surface area (Å²) in [5.74, 6) is -0.0958. The van der Waals surface area contributed by atoms with Crippen molar-refractivity contribution in [1.29, 1.82) is 0 Å². The van der Waals surface area contributed by atoms with Gasteiger partial charge in [-0.15, -0.1) is 0 Å². The molecule has 0 spiro atoms. The van der Waals surface area contributed by atoms with Gasteiger partial charge in [-0.25, -0.2) is 0 Å². The van der Waals surface area contributed by atoms with Crippen LogP contribution in [0.15, 0.2) is 0 Å². The summed E-state index contributed by atoms with van der Waals surface area (Å²) in [5.41, 5.74) is 0. The number of rotatable bonds is 8. The molecule has 0 aromatic rings. The molecule has 1 saturated heterocycles. The molecular formula is C14H24N2O3. The predicted octanol–water partition coefficient (Wildman–Crippen LogP) is 1.47. The Labute approximate surface area is 114 Å². The van der Waals surface area contributed by atoms with Gasteiger partial charge in [0.25, 0.3) is 0 Å². The Morgan fingerprint density at radius 2 is 2.00 bits per heavy atom. The summed E-state index contributed by atoms with van der Waals surface area (Å²) < 4.78 is 0. The van der Waals surface area contributed by atoms with Crippen molar-refractivity contribution >= 4 is 17.7 Å². The fourth-order valence-electron chi connectivity index (χ4n) is 2.32. The molecule has 1 rings (SSSR count). The molecule has 5 heteroatoms. The molecule has 5 nitrogen and oxygen atoms in total. The van der Waals surface area contributed by atoms with Crippen LogP contribution in [-0.2, 0) is 14.4 Å². The van der Waals surface area contributed by atoms with E-state index < -0.39 is 0 Å². The van der Waals surface area contributed by atoms with Crippen molar-refractivity contribution in [2.24, 2.45) is 5.92 Å². The van der Waals surface area contributed by atoms with Crippen LogP contribution < -0.4 is 5.32 Å². The van der Waals surface area contributed by atoms with Crippen LogP contribution in [0, 0.1) is 5.92 Å². The molecule has 0 unspecified atom stereocenters. The second kappa shape index (κ2) is 7.92. The molecule has 1 N–H and O–H groups in total. The number of hydrogen-bond donors (Lipinski definition) is 1. The van der Waals surface area contributed by atoms with E-state index in [1.54, 1.807) is 0 Å². The van der Waals surface area contributed by atoms with E-state index in [-0.39, 0.29) is 23.6 Å². The Bertz CT molecular complexity index is 342. The van der Waals surface area contributed by atoms with E-state index in [2.05, 4.69) is 5.32 Å². The summed E-state index contributed by atoms with van der Waals surface area (Å²) >= 11 is 0. The van der Waals surface area contributed by atoms with E-state index in [1.165, 1.54) is 4.90 Å². The quantitative estimate of drug-likeness (QED) is 0.535. The van der Waals surface area contributed by atoms with E-state index in [1.807, 2.05) is 13.8 Å². The molecule has 0 saturated carbocycles. The van der Waals surface area contributed by atoms with Crippen LogP contribution in [0.3, 0.4) is 0 Å². The van der Waals surface area contributed by atoms with Gasteiger partial charge in [-0.05, 0) is 26.2 Å². The number of nitrogens with zero attached hydrogens (tertiary/aromatic N) is 1. The van der Waals surface area contributed by atoms with Crippen LogP contribution in [0.5, 0.6) is 0 Å². The average Bonchev–Trinajstić information content (AvgIpc) is 2.65.